The number of amides is 1. The summed E-state index contributed by atoms with van der Waals surface area (Å²) >= 11 is 12.3. The van der Waals surface area contributed by atoms with Crippen molar-refractivity contribution in [1.82, 2.24) is 20.3 Å². The Balaban J connectivity index is 1.38. The van der Waals surface area contributed by atoms with E-state index in [1.807, 2.05) is 30.5 Å². The number of fused-ring (bicyclic) bond motifs is 2. The first-order chi connectivity index (χ1) is 17.0. The summed E-state index contributed by atoms with van der Waals surface area (Å²) in [6.45, 7) is 1.65. The SMILES string of the molecule is O=C(/C=C/c1ccc2c(c1)CCC2N(CCc1c[nH]c2cc(Cl)ccc12)Cc1cc(Cl)c[nH]1)NO. The van der Waals surface area contributed by atoms with Crippen molar-refractivity contribution in [3.05, 3.63) is 98.9 Å². The Morgan fingerprint density at radius 2 is 2.00 bits per heavy atom. The monoisotopic (exact) mass is 508 g/mol. The highest BCUT2D eigenvalue weighted by Crippen LogP contribution is 2.37. The topological polar surface area (TPSA) is 84.2 Å². The molecule has 35 heavy (non-hydrogen) atoms. The number of halogens is 2. The molecule has 1 amide bonds. The third kappa shape index (κ3) is 5.31. The van der Waals surface area contributed by atoms with Crippen LogP contribution >= 0.6 is 23.2 Å². The van der Waals surface area contributed by atoms with E-state index in [1.165, 1.54) is 28.2 Å². The zero-order valence-corrected chi connectivity index (χ0v) is 20.5. The average molecular weight is 509 g/mol. The van der Waals surface area contributed by atoms with Crippen LogP contribution < -0.4 is 5.48 Å². The number of aromatic amines is 2. The van der Waals surface area contributed by atoms with Gasteiger partial charge in [-0.1, -0.05) is 47.5 Å². The molecule has 6 nitrogen and oxygen atoms in total. The summed E-state index contributed by atoms with van der Waals surface area (Å²) in [5, 5.41) is 11.3. The lowest BCUT2D eigenvalue weighted by atomic mass is 10.0. The largest absolute Gasteiger partial charge is 0.363 e. The maximum Gasteiger partial charge on any atom is 0.267 e. The van der Waals surface area contributed by atoms with Crippen LogP contribution in [0.1, 0.15) is 40.4 Å². The molecule has 2 aromatic heterocycles. The zero-order chi connectivity index (χ0) is 24.4. The molecule has 1 unspecified atom stereocenters. The summed E-state index contributed by atoms with van der Waals surface area (Å²) in [5.41, 5.74) is 8.57. The normalized spacial score (nSPS) is 15.4. The van der Waals surface area contributed by atoms with E-state index < -0.39 is 5.91 Å². The van der Waals surface area contributed by atoms with Crippen LogP contribution in [0.3, 0.4) is 0 Å². The molecule has 4 N–H and O–H groups in total. The van der Waals surface area contributed by atoms with E-state index in [0.717, 1.165) is 54.1 Å². The lowest BCUT2D eigenvalue weighted by Gasteiger charge is -2.29. The van der Waals surface area contributed by atoms with Crippen molar-refractivity contribution >= 4 is 46.1 Å². The first kappa shape index (κ1) is 23.7. The number of aryl methyl sites for hydroxylation is 1. The van der Waals surface area contributed by atoms with E-state index in [4.69, 9.17) is 28.4 Å². The van der Waals surface area contributed by atoms with E-state index in [2.05, 4.69) is 39.3 Å². The number of nitrogens with zero attached hydrogens (tertiary/aromatic N) is 1. The second-order valence-corrected chi connectivity index (χ2v) is 9.76. The number of H-pyrrole nitrogens is 2. The molecule has 2 heterocycles. The molecular weight excluding hydrogens is 483 g/mol. The molecular formula is C27H26Cl2N4O2. The lowest BCUT2D eigenvalue weighted by Crippen LogP contribution is -2.29. The predicted octanol–water partition coefficient (Wildman–Crippen LogP) is 6.05. The highest BCUT2D eigenvalue weighted by molar-refractivity contribution is 6.31. The van der Waals surface area contributed by atoms with Crippen LogP contribution in [-0.4, -0.2) is 32.5 Å². The van der Waals surface area contributed by atoms with Gasteiger partial charge in [0.05, 0.1) is 5.02 Å². The molecule has 1 atom stereocenters. The molecule has 1 aliphatic carbocycles. The highest BCUT2D eigenvalue weighted by atomic mass is 35.5. The standard InChI is InChI=1S/C27H26Cl2N4O2/c28-20-4-6-23-19(14-31-25(23)13-20)9-10-33(16-22-12-21(29)15-30-22)26-7-3-18-11-17(1-5-24(18)26)2-8-27(34)32-35/h1-2,4-6,8,11-15,26,30-31,35H,3,7,9-10,16H2,(H,32,34)/b8-2+. The van der Waals surface area contributed by atoms with Crippen LogP contribution in [0, 0.1) is 0 Å². The maximum atomic E-state index is 11.3. The van der Waals surface area contributed by atoms with Gasteiger partial charge in [-0.2, -0.15) is 0 Å². The van der Waals surface area contributed by atoms with Crippen molar-refractivity contribution < 1.29 is 10.0 Å². The molecule has 0 fully saturated rings. The zero-order valence-electron chi connectivity index (χ0n) is 19.0. The molecule has 8 heteroatoms. The van der Waals surface area contributed by atoms with Crippen molar-refractivity contribution in [2.45, 2.75) is 31.8 Å². The van der Waals surface area contributed by atoms with Crippen LogP contribution in [0.5, 0.6) is 0 Å². The number of benzene rings is 2. The fourth-order valence-corrected chi connectivity index (χ4v) is 5.36. The fourth-order valence-electron chi connectivity index (χ4n) is 5.00. The molecule has 1 aliphatic rings. The third-order valence-electron chi connectivity index (χ3n) is 6.67. The molecule has 2 aromatic carbocycles. The molecule has 0 saturated carbocycles. The van der Waals surface area contributed by atoms with Crippen LogP contribution in [0.15, 0.2) is 60.9 Å². The van der Waals surface area contributed by atoms with Gasteiger partial charge in [0, 0.05) is 59.2 Å². The molecule has 0 saturated heterocycles. The number of nitrogens with one attached hydrogen (secondary N) is 3. The van der Waals surface area contributed by atoms with Gasteiger partial charge in [-0.3, -0.25) is 14.9 Å². The van der Waals surface area contributed by atoms with Crippen LogP contribution in [-0.2, 0) is 24.2 Å². The Hall–Kier alpha value is -3.03. The summed E-state index contributed by atoms with van der Waals surface area (Å²) in [4.78, 5) is 20.5. The Kier molecular flexibility index (Phi) is 6.97. The molecule has 180 valence electrons. The highest BCUT2D eigenvalue weighted by Gasteiger charge is 2.28. The lowest BCUT2D eigenvalue weighted by molar-refractivity contribution is -0.124. The van der Waals surface area contributed by atoms with Gasteiger partial charge in [0.2, 0.25) is 0 Å². The van der Waals surface area contributed by atoms with Crippen molar-refractivity contribution in [2.24, 2.45) is 0 Å². The Labute approximate surface area is 213 Å². The summed E-state index contributed by atoms with van der Waals surface area (Å²) in [6, 6.07) is 14.5. The van der Waals surface area contributed by atoms with Gasteiger partial charge in [0.1, 0.15) is 0 Å². The number of aromatic nitrogens is 2. The fraction of sp³-hybridized carbons (Fsp3) is 0.222. The quantitative estimate of drug-likeness (QED) is 0.133. The summed E-state index contributed by atoms with van der Waals surface area (Å²) < 4.78 is 0. The van der Waals surface area contributed by atoms with E-state index >= 15 is 0 Å². The number of carbonyl (C=O) groups excluding carboxylic acids is 1. The molecule has 0 aliphatic heterocycles. The van der Waals surface area contributed by atoms with Crippen molar-refractivity contribution in [3.63, 3.8) is 0 Å². The van der Waals surface area contributed by atoms with E-state index in [1.54, 1.807) is 11.6 Å². The smallest absolute Gasteiger partial charge is 0.267 e. The van der Waals surface area contributed by atoms with Gasteiger partial charge in [-0.15, -0.1) is 0 Å². The number of carbonyl (C=O) groups is 1. The first-order valence-corrected chi connectivity index (χ1v) is 12.3. The van der Waals surface area contributed by atoms with E-state index in [-0.39, 0.29) is 6.04 Å². The maximum absolute atomic E-state index is 11.3. The Bertz CT molecular complexity index is 1390. The third-order valence-corrected chi connectivity index (χ3v) is 7.12. The molecule has 5 rings (SSSR count). The van der Waals surface area contributed by atoms with Gasteiger partial charge < -0.3 is 9.97 Å². The number of hydroxylamine groups is 1. The second kappa shape index (κ2) is 10.3. The average Bonchev–Trinajstić information content (AvgIpc) is 3.58. The van der Waals surface area contributed by atoms with Gasteiger partial charge in [-0.25, -0.2) is 5.48 Å². The molecule has 0 bridgehead atoms. The van der Waals surface area contributed by atoms with Gasteiger partial charge in [-0.05, 0) is 65.8 Å². The minimum Gasteiger partial charge on any atom is -0.363 e. The minimum atomic E-state index is -0.543. The Morgan fingerprint density at radius 1 is 1.11 bits per heavy atom. The number of hydrogen-bond acceptors (Lipinski definition) is 3. The van der Waals surface area contributed by atoms with E-state index in [0.29, 0.717) is 5.02 Å². The minimum absolute atomic E-state index is 0.283. The van der Waals surface area contributed by atoms with Crippen molar-refractivity contribution in [3.8, 4) is 0 Å². The number of rotatable bonds is 8. The Morgan fingerprint density at radius 3 is 2.80 bits per heavy atom. The second-order valence-electron chi connectivity index (χ2n) is 8.89. The van der Waals surface area contributed by atoms with Gasteiger partial charge >= 0.3 is 0 Å². The molecule has 0 radical (unpaired) electrons. The van der Waals surface area contributed by atoms with E-state index in [9.17, 15) is 4.79 Å². The summed E-state index contributed by atoms with van der Waals surface area (Å²) in [7, 11) is 0. The summed E-state index contributed by atoms with van der Waals surface area (Å²) in [5.74, 6) is -0.543. The predicted molar refractivity (Wildman–Crippen MR) is 140 cm³/mol. The van der Waals surface area contributed by atoms with Gasteiger partial charge in [0.15, 0.2) is 0 Å². The molecule has 4 aromatic rings. The van der Waals surface area contributed by atoms with Crippen LogP contribution in [0.25, 0.3) is 17.0 Å². The van der Waals surface area contributed by atoms with Gasteiger partial charge in [0.25, 0.3) is 5.91 Å². The van der Waals surface area contributed by atoms with Crippen LogP contribution in [0.4, 0.5) is 0 Å². The van der Waals surface area contributed by atoms with Crippen molar-refractivity contribution in [2.75, 3.05) is 6.54 Å². The van der Waals surface area contributed by atoms with Crippen LogP contribution in [0.2, 0.25) is 10.0 Å². The number of hydrogen-bond donors (Lipinski definition) is 4. The first-order valence-electron chi connectivity index (χ1n) is 11.6. The summed E-state index contributed by atoms with van der Waals surface area (Å²) in [6.07, 6.45) is 9.83. The molecule has 0 spiro atoms. The van der Waals surface area contributed by atoms with Crippen molar-refractivity contribution in [1.29, 1.82) is 0 Å².